The molecule has 0 aliphatic heterocycles. The zero-order valence-electron chi connectivity index (χ0n) is 9.97. The lowest BCUT2D eigenvalue weighted by Crippen LogP contribution is -2.01. The average Bonchev–Trinajstić information content (AvgIpc) is 2.20. The Balaban J connectivity index is 0.000000255. The highest BCUT2D eigenvalue weighted by Crippen LogP contribution is 2.23. The van der Waals surface area contributed by atoms with Crippen LogP contribution >= 0.6 is 0 Å². The van der Waals surface area contributed by atoms with E-state index in [1.54, 1.807) is 0 Å². The maximum absolute atomic E-state index is 3.78. The van der Waals surface area contributed by atoms with Gasteiger partial charge in [-0.3, -0.25) is 0 Å². The third kappa shape index (κ3) is 8.10. The van der Waals surface area contributed by atoms with Gasteiger partial charge in [0, 0.05) is 0 Å². The van der Waals surface area contributed by atoms with Gasteiger partial charge in [0.05, 0.1) is 0 Å². The molecule has 0 nitrogen and oxygen atoms in total. The van der Waals surface area contributed by atoms with Crippen LogP contribution in [0.4, 0.5) is 0 Å². The van der Waals surface area contributed by atoms with Gasteiger partial charge in [0.2, 0.25) is 0 Å². The van der Waals surface area contributed by atoms with Crippen LogP contribution in [0.5, 0.6) is 0 Å². The standard InChI is InChI=1S/C8H14.C6H12/c1-2-8-6-4-3-5-7-8;1-4-5-6(2)3/h2,8H,1,3-7H2;4,6H,1,5H2,2-3H3. The van der Waals surface area contributed by atoms with Crippen molar-refractivity contribution in [2.45, 2.75) is 52.4 Å². The molecule has 0 N–H and O–H groups in total. The molecule has 0 amide bonds. The van der Waals surface area contributed by atoms with Crippen molar-refractivity contribution < 1.29 is 0 Å². The summed E-state index contributed by atoms with van der Waals surface area (Å²) in [6, 6.07) is 0. The number of hydrogen-bond acceptors (Lipinski definition) is 0. The molecule has 1 rings (SSSR count). The van der Waals surface area contributed by atoms with E-state index in [-0.39, 0.29) is 0 Å². The fourth-order valence-corrected chi connectivity index (χ4v) is 1.70. The van der Waals surface area contributed by atoms with Crippen molar-refractivity contribution in [1.82, 2.24) is 0 Å². The quantitative estimate of drug-likeness (QED) is 0.556. The molecular weight excluding hydrogens is 168 g/mol. The predicted octanol–water partition coefficient (Wildman–Crippen LogP) is 4.97. The summed E-state index contributed by atoms with van der Waals surface area (Å²) in [5.74, 6) is 1.63. The van der Waals surface area contributed by atoms with Gasteiger partial charge in [0.25, 0.3) is 0 Å². The van der Waals surface area contributed by atoms with Gasteiger partial charge in [-0.2, -0.15) is 0 Å². The highest BCUT2D eigenvalue weighted by molar-refractivity contribution is 4.80. The van der Waals surface area contributed by atoms with Gasteiger partial charge >= 0.3 is 0 Å². The van der Waals surface area contributed by atoms with Gasteiger partial charge in [-0.1, -0.05) is 45.3 Å². The molecule has 0 atom stereocenters. The van der Waals surface area contributed by atoms with Gasteiger partial charge < -0.3 is 0 Å². The van der Waals surface area contributed by atoms with Crippen molar-refractivity contribution in [1.29, 1.82) is 0 Å². The van der Waals surface area contributed by atoms with Crippen LogP contribution < -0.4 is 0 Å². The Kier molecular flexibility index (Phi) is 8.72. The highest BCUT2D eigenvalue weighted by atomic mass is 14.1. The van der Waals surface area contributed by atoms with Gasteiger partial charge in [-0.15, -0.1) is 13.2 Å². The van der Waals surface area contributed by atoms with Crippen LogP contribution in [0.25, 0.3) is 0 Å². The van der Waals surface area contributed by atoms with E-state index in [0.29, 0.717) is 0 Å². The lowest BCUT2D eigenvalue weighted by Gasteiger charge is -2.16. The van der Waals surface area contributed by atoms with E-state index in [1.165, 1.54) is 32.1 Å². The van der Waals surface area contributed by atoms with Crippen molar-refractivity contribution >= 4 is 0 Å². The number of hydrogen-bond donors (Lipinski definition) is 0. The first-order valence-corrected chi connectivity index (χ1v) is 5.94. The maximum Gasteiger partial charge on any atom is -0.0236 e. The molecular formula is C14H26. The Morgan fingerprint density at radius 1 is 1.14 bits per heavy atom. The molecule has 0 spiro atoms. The first kappa shape index (κ1) is 13.5. The third-order valence-corrected chi connectivity index (χ3v) is 2.62. The average molecular weight is 194 g/mol. The maximum atomic E-state index is 3.78. The molecule has 0 aromatic rings. The van der Waals surface area contributed by atoms with E-state index in [0.717, 1.165) is 18.3 Å². The zero-order valence-corrected chi connectivity index (χ0v) is 9.97. The smallest absolute Gasteiger partial charge is 0.0236 e. The highest BCUT2D eigenvalue weighted by Gasteiger charge is 2.07. The number of rotatable bonds is 3. The molecule has 1 aliphatic rings. The van der Waals surface area contributed by atoms with Crippen LogP contribution in [-0.2, 0) is 0 Å². The SMILES string of the molecule is C=CC1CCCCC1.C=CCC(C)C. The fourth-order valence-electron chi connectivity index (χ4n) is 1.70. The van der Waals surface area contributed by atoms with Crippen LogP contribution in [0.3, 0.4) is 0 Å². The van der Waals surface area contributed by atoms with E-state index < -0.39 is 0 Å². The molecule has 82 valence electrons. The molecule has 0 unspecified atom stereocenters. The first-order valence-electron chi connectivity index (χ1n) is 5.94. The first-order chi connectivity index (χ1) is 6.70. The minimum atomic E-state index is 0.780. The van der Waals surface area contributed by atoms with Crippen LogP contribution in [-0.4, -0.2) is 0 Å². The Morgan fingerprint density at radius 2 is 1.71 bits per heavy atom. The summed E-state index contributed by atoms with van der Waals surface area (Å²) in [5.41, 5.74) is 0. The molecule has 0 aromatic heterocycles. The molecule has 0 saturated heterocycles. The van der Waals surface area contributed by atoms with Crippen LogP contribution in [0, 0.1) is 11.8 Å². The van der Waals surface area contributed by atoms with E-state index in [2.05, 4.69) is 33.1 Å². The van der Waals surface area contributed by atoms with E-state index in [9.17, 15) is 0 Å². The summed E-state index contributed by atoms with van der Waals surface area (Å²) in [6.45, 7) is 11.7. The minimum absolute atomic E-state index is 0.780. The number of allylic oxidation sites excluding steroid dienone is 2. The second-order valence-electron chi connectivity index (χ2n) is 4.55. The van der Waals surface area contributed by atoms with E-state index in [1.807, 2.05) is 6.08 Å². The Morgan fingerprint density at radius 3 is 1.93 bits per heavy atom. The third-order valence-electron chi connectivity index (χ3n) is 2.62. The van der Waals surface area contributed by atoms with E-state index in [4.69, 9.17) is 0 Å². The molecule has 0 heterocycles. The van der Waals surface area contributed by atoms with Gasteiger partial charge in [0.15, 0.2) is 0 Å². The molecule has 14 heavy (non-hydrogen) atoms. The second-order valence-corrected chi connectivity index (χ2v) is 4.55. The normalized spacial score (nSPS) is 17.1. The Hall–Kier alpha value is -0.520. The lowest BCUT2D eigenvalue weighted by molar-refractivity contribution is 0.420. The molecule has 1 aliphatic carbocycles. The van der Waals surface area contributed by atoms with Crippen molar-refractivity contribution in [2.75, 3.05) is 0 Å². The molecule has 0 bridgehead atoms. The van der Waals surface area contributed by atoms with Crippen LogP contribution in [0.2, 0.25) is 0 Å². The summed E-state index contributed by atoms with van der Waals surface area (Å²) in [6.07, 6.45) is 12.3. The summed E-state index contributed by atoms with van der Waals surface area (Å²) >= 11 is 0. The minimum Gasteiger partial charge on any atom is -0.103 e. The van der Waals surface area contributed by atoms with Gasteiger partial charge in [0.1, 0.15) is 0 Å². The topological polar surface area (TPSA) is 0 Å². The Bertz CT molecular complexity index is 138. The summed E-state index contributed by atoms with van der Waals surface area (Å²) in [4.78, 5) is 0. The molecule has 0 radical (unpaired) electrons. The fraction of sp³-hybridized carbons (Fsp3) is 0.714. The Labute approximate surface area is 90.1 Å². The largest absolute Gasteiger partial charge is 0.103 e. The molecule has 0 aromatic carbocycles. The van der Waals surface area contributed by atoms with Crippen LogP contribution in [0.1, 0.15) is 52.4 Å². The second kappa shape index (κ2) is 9.05. The van der Waals surface area contributed by atoms with Gasteiger partial charge in [-0.05, 0) is 31.1 Å². The lowest BCUT2D eigenvalue weighted by atomic mass is 9.90. The summed E-state index contributed by atoms with van der Waals surface area (Å²) < 4.78 is 0. The van der Waals surface area contributed by atoms with Gasteiger partial charge in [-0.25, -0.2) is 0 Å². The summed E-state index contributed by atoms with van der Waals surface area (Å²) in [7, 11) is 0. The van der Waals surface area contributed by atoms with Crippen LogP contribution in [0.15, 0.2) is 25.3 Å². The van der Waals surface area contributed by atoms with Crippen molar-refractivity contribution in [3.63, 3.8) is 0 Å². The molecule has 0 heteroatoms. The molecule has 1 saturated carbocycles. The summed E-state index contributed by atoms with van der Waals surface area (Å²) in [5, 5.41) is 0. The van der Waals surface area contributed by atoms with Crippen molar-refractivity contribution in [3.05, 3.63) is 25.3 Å². The predicted molar refractivity (Wildman–Crippen MR) is 66.4 cm³/mol. The molecule has 1 fully saturated rings. The van der Waals surface area contributed by atoms with E-state index >= 15 is 0 Å². The zero-order chi connectivity index (χ0) is 10.8. The van der Waals surface area contributed by atoms with Crippen molar-refractivity contribution in [2.24, 2.45) is 11.8 Å². The van der Waals surface area contributed by atoms with Crippen molar-refractivity contribution in [3.8, 4) is 0 Å². The monoisotopic (exact) mass is 194 g/mol.